The average molecular weight is 952 g/mol. The highest BCUT2D eigenvalue weighted by molar-refractivity contribution is 5.77. The minimum Gasteiger partial charge on any atom is -0.394 e. The normalized spacial score (nSPS) is 21.0. The molecule has 3 amide bonds. The van der Waals surface area contributed by atoms with Gasteiger partial charge < -0.3 is 78.6 Å². The number of ether oxygens (including phenoxy) is 10. The van der Waals surface area contributed by atoms with Gasteiger partial charge in [0.2, 0.25) is 17.7 Å². The molecule has 0 aromatic rings. The van der Waals surface area contributed by atoms with Gasteiger partial charge in [0.05, 0.1) is 105 Å². The van der Waals surface area contributed by atoms with Gasteiger partial charge in [-0.15, -0.1) is 0 Å². The molecule has 6 N–H and O–H groups in total. The third-order valence-electron chi connectivity index (χ3n) is 11.4. The summed E-state index contributed by atoms with van der Waals surface area (Å²) in [5, 5.41) is 39.5. The Hall–Kier alpha value is -2.11. The van der Waals surface area contributed by atoms with Crippen LogP contribution >= 0.6 is 0 Å². The molecular formula is C47H89N3O16. The summed E-state index contributed by atoms with van der Waals surface area (Å²) in [4.78, 5) is 37.9. The number of methoxy groups -OCH3 is 1. The van der Waals surface area contributed by atoms with Crippen molar-refractivity contribution in [2.75, 3.05) is 119 Å². The van der Waals surface area contributed by atoms with Crippen LogP contribution in [0.25, 0.3) is 0 Å². The van der Waals surface area contributed by atoms with Crippen LogP contribution in [0.15, 0.2) is 0 Å². The number of fused-ring (bicyclic) bond motifs is 1. The zero-order valence-electron chi connectivity index (χ0n) is 41.0. The lowest BCUT2D eigenvalue weighted by atomic mass is 10.0. The molecule has 388 valence electrons. The molecule has 0 spiro atoms. The molecule has 1 aliphatic carbocycles. The molecule has 1 saturated carbocycles. The first-order valence-corrected chi connectivity index (χ1v) is 24.7. The summed E-state index contributed by atoms with van der Waals surface area (Å²) < 4.78 is 56.1. The van der Waals surface area contributed by atoms with Crippen molar-refractivity contribution in [2.45, 2.75) is 148 Å². The monoisotopic (exact) mass is 952 g/mol. The van der Waals surface area contributed by atoms with E-state index in [9.17, 15) is 29.7 Å². The molecular weight excluding hydrogens is 863 g/mol. The minimum atomic E-state index is -1.26. The number of carbonyl (C=O) groups is 3. The highest BCUT2D eigenvalue weighted by Gasteiger charge is 2.54. The summed E-state index contributed by atoms with van der Waals surface area (Å²) in [5.74, 6) is 0.331. The zero-order valence-corrected chi connectivity index (χ0v) is 41.0. The lowest BCUT2D eigenvalue weighted by Crippen LogP contribution is -2.58. The Morgan fingerprint density at radius 2 is 1.23 bits per heavy atom. The van der Waals surface area contributed by atoms with Gasteiger partial charge in [0.1, 0.15) is 17.7 Å². The maximum atomic E-state index is 13.0. The number of carbonyl (C=O) groups excluding carboxylic acids is 3. The van der Waals surface area contributed by atoms with E-state index in [2.05, 4.69) is 29.8 Å². The van der Waals surface area contributed by atoms with Crippen molar-refractivity contribution < 1.29 is 77.1 Å². The molecule has 19 nitrogen and oxygen atoms in total. The fraction of sp³-hybridized carbons (Fsp3) is 0.936. The van der Waals surface area contributed by atoms with E-state index in [-0.39, 0.29) is 75.6 Å². The first kappa shape index (κ1) is 60.0. The summed E-state index contributed by atoms with van der Waals surface area (Å²) in [5.41, 5.74) is -1.26. The minimum absolute atomic E-state index is 0.0441. The number of aliphatic hydroxyl groups is 3. The topological polar surface area (TPSA) is 240 Å². The number of hydrogen-bond acceptors (Lipinski definition) is 16. The second kappa shape index (κ2) is 37.7. The van der Waals surface area contributed by atoms with Crippen LogP contribution in [0, 0.1) is 17.8 Å². The quantitative estimate of drug-likeness (QED) is 0.0380. The van der Waals surface area contributed by atoms with Crippen molar-refractivity contribution in [3.8, 4) is 0 Å². The summed E-state index contributed by atoms with van der Waals surface area (Å²) in [7, 11) is 1.49. The predicted molar refractivity (Wildman–Crippen MR) is 245 cm³/mol. The molecule has 0 radical (unpaired) electrons. The van der Waals surface area contributed by atoms with Crippen LogP contribution < -0.4 is 16.0 Å². The maximum absolute atomic E-state index is 13.0. The molecule has 1 saturated heterocycles. The Morgan fingerprint density at radius 1 is 0.682 bits per heavy atom. The molecule has 1 heterocycles. The van der Waals surface area contributed by atoms with Crippen molar-refractivity contribution in [3.05, 3.63) is 0 Å². The summed E-state index contributed by atoms with van der Waals surface area (Å²) in [6.07, 6.45) is 7.86. The van der Waals surface area contributed by atoms with E-state index in [1.165, 1.54) is 26.4 Å². The van der Waals surface area contributed by atoms with Gasteiger partial charge in [-0.05, 0) is 43.4 Å². The van der Waals surface area contributed by atoms with Crippen LogP contribution in [-0.4, -0.2) is 189 Å². The van der Waals surface area contributed by atoms with Gasteiger partial charge in [-0.3, -0.25) is 14.4 Å². The van der Waals surface area contributed by atoms with E-state index in [0.717, 1.165) is 38.5 Å². The Balaban J connectivity index is 1.59. The van der Waals surface area contributed by atoms with Crippen LogP contribution in [0.3, 0.4) is 0 Å². The van der Waals surface area contributed by atoms with Crippen molar-refractivity contribution in [3.63, 3.8) is 0 Å². The summed E-state index contributed by atoms with van der Waals surface area (Å²) >= 11 is 0. The molecule has 2 rings (SSSR count). The van der Waals surface area contributed by atoms with Crippen molar-refractivity contribution in [1.82, 2.24) is 16.0 Å². The lowest BCUT2D eigenvalue weighted by Gasteiger charge is -2.32. The number of aliphatic hydroxyl groups excluding tert-OH is 3. The predicted octanol–water partition coefficient (Wildman–Crippen LogP) is 2.63. The number of rotatable bonds is 45. The Labute approximate surface area is 394 Å². The van der Waals surface area contributed by atoms with Gasteiger partial charge >= 0.3 is 0 Å². The number of amides is 3. The second-order valence-electron chi connectivity index (χ2n) is 17.7. The Bertz CT molecular complexity index is 1240. The SMILES string of the molecule is CCCCCCCCCC(=O)NC(CO)(COCCC(=O)NCCOCCOCCOC(OC)C(O)CC(C)C)COCCC(=O)NCCOCCOCCOC1OC(CC)C2CC2C1O. The summed E-state index contributed by atoms with van der Waals surface area (Å²) in [6, 6.07) is 0. The van der Waals surface area contributed by atoms with E-state index in [1.807, 2.05) is 13.8 Å². The van der Waals surface area contributed by atoms with Gasteiger partial charge in [0.25, 0.3) is 0 Å². The highest BCUT2D eigenvalue weighted by atomic mass is 16.7. The Morgan fingerprint density at radius 3 is 1.77 bits per heavy atom. The molecule has 8 unspecified atom stereocenters. The van der Waals surface area contributed by atoms with Gasteiger partial charge in [-0.2, -0.15) is 0 Å². The molecule has 66 heavy (non-hydrogen) atoms. The van der Waals surface area contributed by atoms with Crippen LogP contribution in [0.5, 0.6) is 0 Å². The molecule has 2 fully saturated rings. The van der Waals surface area contributed by atoms with Crippen molar-refractivity contribution >= 4 is 17.7 Å². The van der Waals surface area contributed by atoms with E-state index in [0.29, 0.717) is 97.2 Å². The number of hydrogen-bond donors (Lipinski definition) is 6. The molecule has 0 aromatic carbocycles. The fourth-order valence-electron chi connectivity index (χ4n) is 7.58. The van der Waals surface area contributed by atoms with E-state index < -0.39 is 36.9 Å². The van der Waals surface area contributed by atoms with Crippen LogP contribution in [0.2, 0.25) is 0 Å². The average Bonchev–Trinajstić information content (AvgIpc) is 4.11. The third kappa shape index (κ3) is 27.8. The molecule has 19 heteroatoms. The van der Waals surface area contributed by atoms with Crippen molar-refractivity contribution in [1.29, 1.82) is 0 Å². The molecule has 2 aliphatic rings. The molecule has 8 atom stereocenters. The molecule has 1 aliphatic heterocycles. The van der Waals surface area contributed by atoms with E-state index in [4.69, 9.17) is 47.4 Å². The first-order chi connectivity index (χ1) is 32.0. The van der Waals surface area contributed by atoms with Crippen LogP contribution in [0.4, 0.5) is 0 Å². The largest absolute Gasteiger partial charge is 0.394 e. The second-order valence-corrected chi connectivity index (χ2v) is 17.7. The first-order valence-electron chi connectivity index (χ1n) is 24.7. The van der Waals surface area contributed by atoms with E-state index >= 15 is 0 Å². The maximum Gasteiger partial charge on any atom is 0.222 e. The standard InChI is InChI=1S/C47H89N3O16/c1-6-8-9-10-11-12-13-14-43(55)50-47(33-51,34-62-19-15-41(53)48-17-21-58-23-25-60-27-29-64-45(57-5)39(52)31-36(3)4)35-63-20-16-42(54)49-18-22-59-24-26-61-28-30-65-46-44(56)38-32-37(38)40(7-2)66-46/h36-40,44-46,51-52,56H,6-35H2,1-5H3,(H,48,53)(H,49,54)(H,50,55). The zero-order chi connectivity index (χ0) is 48.3. The van der Waals surface area contributed by atoms with Gasteiger partial charge in [-0.25, -0.2) is 0 Å². The lowest BCUT2D eigenvalue weighted by molar-refractivity contribution is -0.247. The van der Waals surface area contributed by atoms with Crippen molar-refractivity contribution in [2.24, 2.45) is 17.8 Å². The number of nitrogens with one attached hydrogen (secondary N) is 3. The van der Waals surface area contributed by atoms with Gasteiger partial charge in [-0.1, -0.05) is 66.2 Å². The summed E-state index contributed by atoms with van der Waals surface area (Å²) in [6.45, 7) is 11.5. The van der Waals surface area contributed by atoms with Crippen LogP contribution in [0.1, 0.15) is 111 Å². The van der Waals surface area contributed by atoms with Crippen LogP contribution in [-0.2, 0) is 61.8 Å². The van der Waals surface area contributed by atoms with Gasteiger partial charge in [0, 0.05) is 39.5 Å². The highest BCUT2D eigenvalue weighted by Crippen LogP contribution is 2.50. The molecule has 0 bridgehead atoms. The molecule has 0 aromatic heterocycles. The Kier molecular flexibility index (Phi) is 34.3. The van der Waals surface area contributed by atoms with Gasteiger partial charge in [0.15, 0.2) is 12.6 Å². The number of unbranched alkanes of at least 4 members (excludes halogenated alkanes) is 6. The smallest absolute Gasteiger partial charge is 0.222 e. The fourth-order valence-corrected chi connectivity index (χ4v) is 7.58. The van der Waals surface area contributed by atoms with E-state index in [1.54, 1.807) is 0 Å². The third-order valence-corrected chi connectivity index (χ3v) is 11.4.